The van der Waals surface area contributed by atoms with Crippen LogP contribution in [-0.2, 0) is 0 Å². The van der Waals surface area contributed by atoms with Crippen molar-refractivity contribution in [2.24, 2.45) is 5.73 Å². The minimum absolute atomic E-state index is 0.0474. The first kappa shape index (κ1) is 14.4. The first-order chi connectivity index (χ1) is 9.11. The van der Waals surface area contributed by atoms with Crippen molar-refractivity contribution < 1.29 is 4.74 Å². The third-order valence-corrected chi connectivity index (χ3v) is 4.03. The highest BCUT2D eigenvalue weighted by atomic mass is 16.5. The fourth-order valence-corrected chi connectivity index (χ4v) is 3.13. The summed E-state index contributed by atoms with van der Waals surface area (Å²) in [4.78, 5) is 0. The van der Waals surface area contributed by atoms with Crippen LogP contribution in [0.15, 0.2) is 12.1 Å². The number of nitrogens with two attached hydrogens (primary N) is 1. The SMILES string of the molecule is COc1cc(C)cc(C)c1C(N)CC1CCCCN1. The van der Waals surface area contributed by atoms with Crippen LogP contribution in [0, 0.1) is 13.8 Å². The summed E-state index contributed by atoms with van der Waals surface area (Å²) in [7, 11) is 1.73. The summed E-state index contributed by atoms with van der Waals surface area (Å²) in [6, 6.07) is 4.86. The molecule has 1 aromatic rings. The Labute approximate surface area is 116 Å². The van der Waals surface area contributed by atoms with Crippen molar-refractivity contribution in [3.05, 3.63) is 28.8 Å². The van der Waals surface area contributed by atoms with E-state index >= 15 is 0 Å². The molecule has 106 valence electrons. The van der Waals surface area contributed by atoms with Crippen LogP contribution in [0.25, 0.3) is 0 Å². The largest absolute Gasteiger partial charge is 0.496 e. The molecule has 0 aliphatic carbocycles. The van der Waals surface area contributed by atoms with Crippen LogP contribution in [0.3, 0.4) is 0 Å². The molecule has 1 aliphatic rings. The van der Waals surface area contributed by atoms with E-state index in [9.17, 15) is 0 Å². The van der Waals surface area contributed by atoms with Gasteiger partial charge in [0.05, 0.1) is 7.11 Å². The Morgan fingerprint density at radius 2 is 2.16 bits per heavy atom. The molecular formula is C16H26N2O. The van der Waals surface area contributed by atoms with Crippen LogP contribution in [-0.4, -0.2) is 19.7 Å². The average molecular weight is 262 g/mol. The van der Waals surface area contributed by atoms with Gasteiger partial charge in [0.15, 0.2) is 0 Å². The second kappa shape index (κ2) is 6.40. The number of piperidine rings is 1. The maximum Gasteiger partial charge on any atom is 0.124 e. The predicted octanol–water partition coefficient (Wildman–Crippen LogP) is 2.84. The molecule has 2 unspecified atom stereocenters. The Bertz CT molecular complexity index is 425. The number of benzene rings is 1. The average Bonchev–Trinajstić information content (AvgIpc) is 2.38. The molecule has 3 N–H and O–H groups in total. The molecule has 19 heavy (non-hydrogen) atoms. The van der Waals surface area contributed by atoms with Gasteiger partial charge in [-0.3, -0.25) is 0 Å². The second-order valence-corrected chi connectivity index (χ2v) is 5.69. The molecule has 0 radical (unpaired) electrons. The molecule has 1 heterocycles. The van der Waals surface area contributed by atoms with Crippen molar-refractivity contribution >= 4 is 0 Å². The van der Waals surface area contributed by atoms with Gasteiger partial charge >= 0.3 is 0 Å². The van der Waals surface area contributed by atoms with E-state index in [0.717, 1.165) is 18.7 Å². The standard InChI is InChI=1S/C16H26N2O/c1-11-8-12(2)16(15(9-11)19-3)14(17)10-13-6-4-5-7-18-13/h8-9,13-14,18H,4-7,10,17H2,1-3H3. The molecule has 1 aliphatic heterocycles. The quantitative estimate of drug-likeness (QED) is 0.877. The lowest BCUT2D eigenvalue weighted by atomic mass is 9.91. The van der Waals surface area contributed by atoms with Gasteiger partial charge in [-0.05, 0) is 56.8 Å². The van der Waals surface area contributed by atoms with E-state index in [1.54, 1.807) is 7.11 Å². The van der Waals surface area contributed by atoms with Crippen LogP contribution in [0.2, 0.25) is 0 Å². The highest BCUT2D eigenvalue weighted by Gasteiger charge is 2.21. The van der Waals surface area contributed by atoms with Gasteiger partial charge in [0, 0.05) is 17.6 Å². The first-order valence-electron chi connectivity index (χ1n) is 7.26. The zero-order valence-electron chi connectivity index (χ0n) is 12.3. The van der Waals surface area contributed by atoms with Crippen LogP contribution in [0.4, 0.5) is 0 Å². The number of aryl methyl sites for hydroxylation is 2. The Morgan fingerprint density at radius 1 is 1.37 bits per heavy atom. The van der Waals surface area contributed by atoms with Gasteiger partial charge < -0.3 is 15.8 Å². The third-order valence-electron chi connectivity index (χ3n) is 4.03. The summed E-state index contributed by atoms with van der Waals surface area (Å²) < 4.78 is 5.52. The smallest absolute Gasteiger partial charge is 0.124 e. The molecule has 0 saturated carbocycles. The summed E-state index contributed by atoms with van der Waals surface area (Å²) in [5.41, 5.74) is 10.1. The van der Waals surface area contributed by atoms with E-state index in [-0.39, 0.29) is 6.04 Å². The van der Waals surface area contributed by atoms with Crippen LogP contribution < -0.4 is 15.8 Å². The van der Waals surface area contributed by atoms with E-state index < -0.39 is 0 Å². The molecule has 2 atom stereocenters. The van der Waals surface area contributed by atoms with E-state index in [2.05, 4.69) is 31.3 Å². The minimum atomic E-state index is 0.0474. The number of hydrogen-bond donors (Lipinski definition) is 2. The molecule has 0 bridgehead atoms. The fraction of sp³-hybridized carbons (Fsp3) is 0.625. The van der Waals surface area contributed by atoms with Gasteiger partial charge in [0.25, 0.3) is 0 Å². The normalized spacial score (nSPS) is 21.2. The molecule has 0 amide bonds. The van der Waals surface area contributed by atoms with E-state index in [1.807, 2.05) is 0 Å². The Balaban J connectivity index is 2.15. The zero-order valence-corrected chi connectivity index (χ0v) is 12.3. The molecule has 3 heteroatoms. The number of nitrogens with one attached hydrogen (secondary N) is 1. The van der Waals surface area contributed by atoms with Gasteiger partial charge in [-0.15, -0.1) is 0 Å². The Kier molecular flexibility index (Phi) is 4.83. The van der Waals surface area contributed by atoms with Crippen LogP contribution in [0.1, 0.15) is 48.4 Å². The first-order valence-corrected chi connectivity index (χ1v) is 7.26. The molecule has 1 aromatic carbocycles. The summed E-state index contributed by atoms with van der Waals surface area (Å²) in [6.07, 6.45) is 4.83. The molecule has 0 spiro atoms. The van der Waals surface area contributed by atoms with Crippen LogP contribution in [0.5, 0.6) is 5.75 Å². The molecule has 0 aromatic heterocycles. The van der Waals surface area contributed by atoms with E-state index in [0.29, 0.717) is 6.04 Å². The summed E-state index contributed by atoms with van der Waals surface area (Å²) >= 11 is 0. The van der Waals surface area contributed by atoms with Gasteiger partial charge in [-0.2, -0.15) is 0 Å². The predicted molar refractivity (Wildman–Crippen MR) is 79.7 cm³/mol. The van der Waals surface area contributed by atoms with Crippen molar-refractivity contribution in [2.45, 2.75) is 51.6 Å². The zero-order chi connectivity index (χ0) is 13.8. The van der Waals surface area contributed by atoms with E-state index in [4.69, 9.17) is 10.5 Å². The topological polar surface area (TPSA) is 47.3 Å². The lowest BCUT2D eigenvalue weighted by Gasteiger charge is -2.27. The maximum absolute atomic E-state index is 6.43. The monoisotopic (exact) mass is 262 g/mol. The fourth-order valence-electron chi connectivity index (χ4n) is 3.13. The van der Waals surface area contributed by atoms with Crippen molar-refractivity contribution in [3.8, 4) is 5.75 Å². The highest BCUT2D eigenvalue weighted by Crippen LogP contribution is 2.31. The third kappa shape index (κ3) is 3.48. The number of ether oxygens (including phenoxy) is 1. The van der Waals surface area contributed by atoms with Gasteiger partial charge in [0.2, 0.25) is 0 Å². The number of methoxy groups -OCH3 is 1. The summed E-state index contributed by atoms with van der Waals surface area (Å²) in [5.74, 6) is 0.931. The molecule has 1 fully saturated rings. The van der Waals surface area contributed by atoms with Crippen molar-refractivity contribution in [2.75, 3.05) is 13.7 Å². The highest BCUT2D eigenvalue weighted by molar-refractivity contribution is 5.45. The summed E-state index contributed by atoms with van der Waals surface area (Å²) in [5, 5.41) is 3.57. The molecular weight excluding hydrogens is 236 g/mol. The van der Waals surface area contributed by atoms with Crippen molar-refractivity contribution in [1.29, 1.82) is 0 Å². The Morgan fingerprint density at radius 3 is 2.79 bits per heavy atom. The van der Waals surface area contributed by atoms with E-state index in [1.165, 1.54) is 36.0 Å². The lowest BCUT2D eigenvalue weighted by molar-refractivity contribution is 0.354. The van der Waals surface area contributed by atoms with Gasteiger partial charge in [-0.25, -0.2) is 0 Å². The number of hydrogen-bond acceptors (Lipinski definition) is 3. The van der Waals surface area contributed by atoms with Crippen LogP contribution >= 0.6 is 0 Å². The van der Waals surface area contributed by atoms with Gasteiger partial charge in [0.1, 0.15) is 5.75 Å². The lowest BCUT2D eigenvalue weighted by Crippen LogP contribution is -2.36. The van der Waals surface area contributed by atoms with Crippen molar-refractivity contribution in [3.63, 3.8) is 0 Å². The minimum Gasteiger partial charge on any atom is -0.496 e. The van der Waals surface area contributed by atoms with Gasteiger partial charge in [-0.1, -0.05) is 12.5 Å². The molecule has 2 rings (SSSR count). The molecule has 1 saturated heterocycles. The summed E-state index contributed by atoms with van der Waals surface area (Å²) in [6.45, 7) is 5.34. The maximum atomic E-state index is 6.43. The number of rotatable bonds is 4. The van der Waals surface area contributed by atoms with Crippen molar-refractivity contribution in [1.82, 2.24) is 5.32 Å². The Hall–Kier alpha value is -1.06. The molecule has 3 nitrogen and oxygen atoms in total. The second-order valence-electron chi connectivity index (χ2n) is 5.69.